The van der Waals surface area contributed by atoms with Crippen LogP contribution in [-0.4, -0.2) is 26.6 Å². The summed E-state index contributed by atoms with van der Waals surface area (Å²) in [4.78, 5) is 12.4. The van der Waals surface area contributed by atoms with Crippen molar-refractivity contribution in [3.05, 3.63) is 59.7 Å². The van der Waals surface area contributed by atoms with E-state index >= 15 is 0 Å². The van der Waals surface area contributed by atoms with Crippen molar-refractivity contribution in [3.63, 3.8) is 0 Å². The van der Waals surface area contributed by atoms with Crippen LogP contribution in [0, 0.1) is 11.3 Å². The van der Waals surface area contributed by atoms with Crippen molar-refractivity contribution in [1.82, 2.24) is 0 Å². The van der Waals surface area contributed by atoms with Crippen LogP contribution in [0.2, 0.25) is 0 Å². The molecule has 0 fully saturated rings. The van der Waals surface area contributed by atoms with Crippen LogP contribution < -0.4 is 9.46 Å². The summed E-state index contributed by atoms with van der Waals surface area (Å²) in [5.41, 5.74) is 1.31. The number of ether oxygens (including phenoxy) is 1. The maximum Gasteiger partial charge on any atom is 0.229 e. The second kappa shape index (κ2) is 7.15. The van der Waals surface area contributed by atoms with Gasteiger partial charge in [0.05, 0.1) is 17.9 Å². The number of sulfonamides is 1. The fraction of sp³-hybridized carbons (Fsp3) is 0.176. The quantitative estimate of drug-likeness (QED) is 0.813. The summed E-state index contributed by atoms with van der Waals surface area (Å²) in [5.74, 6) is 0.260. The van der Waals surface area contributed by atoms with E-state index in [9.17, 15) is 13.2 Å². The number of nitriles is 1. The second-order valence-electron chi connectivity index (χ2n) is 5.21. The number of carbonyl (C=O) groups excluding carboxylic acids is 1. The molecule has 0 aliphatic rings. The first-order valence-electron chi connectivity index (χ1n) is 7.07. The predicted molar refractivity (Wildman–Crippen MR) is 90.5 cm³/mol. The van der Waals surface area contributed by atoms with Gasteiger partial charge in [0.2, 0.25) is 15.8 Å². The molecule has 6 nitrogen and oxygen atoms in total. The molecule has 0 spiro atoms. The number of hydrogen-bond donors (Lipinski definition) is 1. The molecule has 1 atom stereocenters. The Kier molecular flexibility index (Phi) is 5.21. The first-order chi connectivity index (χ1) is 11.3. The van der Waals surface area contributed by atoms with Crippen LogP contribution in [0.15, 0.2) is 48.5 Å². The zero-order chi connectivity index (χ0) is 17.7. The highest BCUT2D eigenvalue weighted by molar-refractivity contribution is 7.92. The van der Waals surface area contributed by atoms with Gasteiger partial charge in [-0.3, -0.25) is 9.52 Å². The highest BCUT2D eigenvalue weighted by Crippen LogP contribution is 2.17. The van der Waals surface area contributed by atoms with Gasteiger partial charge in [0, 0.05) is 11.3 Å². The average Bonchev–Trinajstić information content (AvgIpc) is 2.54. The fourth-order valence-electron chi connectivity index (χ4n) is 2.02. The summed E-state index contributed by atoms with van der Waals surface area (Å²) in [6.07, 6.45) is 0.339. The smallest absolute Gasteiger partial charge is 0.229 e. The normalized spacial score (nSPS) is 12.0. The van der Waals surface area contributed by atoms with Crippen LogP contribution in [0.25, 0.3) is 0 Å². The molecule has 0 amide bonds. The SMILES string of the molecule is C[C@@H](Oc1ccc(C#N)cc1)C(=O)c1ccc(NS(C)(=O)=O)cc1. The molecule has 1 N–H and O–H groups in total. The van der Waals surface area contributed by atoms with E-state index in [0.717, 1.165) is 6.26 Å². The van der Waals surface area contributed by atoms with Gasteiger partial charge in [0.1, 0.15) is 5.75 Å². The Labute approximate surface area is 140 Å². The van der Waals surface area contributed by atoms with E-state index in [1.54, 1.807) is 31.2 Å². The number of carbonyl (C=O) groups is 1. The van der Waals surface area contributed by atoms with Crippen molar-refractivity contribution in [1.29, 1.82) is 5.26 Å². The zero-order valence-corrected chi connectivity index (χ0v) is 14.0. The van der Waals surface area contributed by atoms with E-state index in [-0.39, 0.29) is 5.78 Å². The van der Waals surface area contributed by atoms with Crippen molar-refractivity contribution in [2.75, 3.05) is 11.0 Å². The second-order valence-corrected chi connectivity index (χ2v) is 6.96. The van der Waals surface area contributed by atoms with Crippen LogP contribution in [0.1, 0.15) is 22.8 Å². The van der Waals surface area contributed by atoms with Crippen molar-refractivity contribution in [2.45, 2.75) is 13.0 Å². The van der Waals surface area contributed by atoms with Crippen molar-refractivity contribution in [2.24, 2.45) is 0 Å². The van der Waals surface area contributed by atoms with E-state index in [0.29, 0.717) is 22.6 Å². The van der Waals surface area contributed by atoms with E-state index < -0.39 is 16.1 Å². The Morgan fingerprint density at radius 1 is 1.12 bits per heavy atom. The molecular formula is C17H16N2O4S. The maximum atomic E-state index is 12.4. The van der Waals surface area contributed by atoms with Crippen LogP contribution in [0.5, 0.6) is 5.75 Å². The molecule has 0 aromatic heterocycles. The monoisotopic (exact) mass is 344 g/mol. The molecule has 0 saturated carbocycles. The maximum absolute atomic E-state index is 12.4. The number of nitrogens with zero attached hydrogens (tertiary/aromatic N) is 1. The topological polar surface area (TPSA) is 96.3 Å². The number of ketones is 1. The summed E-state index contributed by atoms with van der Waals surface area (Å²) >= 11 is 0. The Hall–Kier alpha value is -2.85. The third kappa shape index (κ3) is 4.83. The van der Waals surface area contributed by atoms with Gasteiger partial charge in [-0.25, -0.2) is 8.42 Å². The molecule has 7 heteroatoms. The minimum absolute atomic E-state index is 0.231. The Bertz CT molecular complexity index is 866. The molecule has 2 aromatic carbocycles. The summed E-state index contributed by atoms with van der Waals surface area (Å²) in [6.45, 7) is 1.63. The molecule has 0 heterocycles. The first-order valence-corrected chi connectivity index (χ1v) is 8.96. The Balaban J connectivity index is 2.05. The first kappa shape index (κ1) is 17.5. The largest absolute Gasteiger partial charge is 0.483 e. The minimum Gasteiger partial charge on any atom is -0.483 e. The van der Waals surface area contributed by atoms with E-state index in [1.807, 2.05) is 6.07 Å². The molecule has 0 bridgehead atoms. The minimum atomic E-state index is -3.36. The van der Waals surface area contributed by atoms with Gasteiger partial charge in [-0.15, -0.1) is 0 Å². The standard InChI is InChI=1S/C17H16N2O4S/c1-12(23-16-9-3-13(11-18)4-10-16)17(20)14-5-7-15(8-6-14)19-24(2,21)22/h3-10,12,19H,1-2H3/t12-/m1/s1. The van der Waals surface area contributed by atoms with Gasteiger partial charge in [-0.1, -0.05) is 0 Å². The number of nitrogens with one attached hydrogen (secondary N) is 1. The van der Waals surface area contributed by atoms with Gasteiger partial charge < -0.3 is 4.74 Å². The Morgan fingerprint density at radius 2 is 1.71 bits per heavy atom. The molecule has 0 aliphatic heterocycles. The summed E-state index contributed by atoms with van der Waals surface area (Å²) < 4.78 is 30.2. The number of Topliss-reactive ketones (excluding diaryl/α,β-unsaturated/α-hetero) is 1. The summed E-state index contributed by atoms with van der Waals surface area (Å²) in [7, 11) is -3.36. The number of anilines is 1. The molecule has 2 aromatic rings. The highest BCUT2D eigenvalue weighted by atomic mass is 32.2. The van der Waals surface area contributed by atoms with Gasteiger partial charge in [-0.05, 0) is 55.5 Å². The molecule has 24 heavy (non-hydrogen) atoms. The van der Waals surface area contributed by atoms with Crippen LogP contribution >= 0.6 is 0 Å². The summed E-state index contributed by atoms with van der Waals surface area (Å²) in [6, 6.07) is 14.6. The lowest BCUT2D eigenvalue weighted by molar-refractivity contribution is 0.0818. The van der Waals surface area contributed by atoms with Crippen LogP contribution in [0.4, 0.5) is 5.69 Å². The highest BCUT2D eigenvalue weighted by Gasteiger charge is 2.17. The molecule has 0 aliphatic carbocycles. The molecule has 124 valence electrons. The third-order valence-corrected chi connectivity index (χ3v) is 3.74. The van der Waals surface area contributed by atoms with Crippen molar-refractivity contribution in [3.8, 4) is 11.8 Å². The average molecular weight is 344 g/mol. The van der Waals surface area contributed by atoms with Crippen molar-refractivity contribution < 1.29 is 17.9 Å². The van der Waals surface area contributed by atoms with E-state index in [1.165, 1.54) is 24.3 Å². The lowest BCUT2D eigenvalue weighted by Crippen LogP contribution is -2.23. The van der Waals surface area contributed by atoms with Gasteiger partial charge in [-0.2, -0.15) is 5.26 Å². The fourth-order valence-corrected chi connectivity index (χ4v) is 2.58. The van der Waals surface area contributed by atoms with Crippen molar-refractivity contribution >= 4 is 21.5 Å². The van der Waals surface area contributed by atoms with Gasteiger partial charge in [0.15, 0.2) is 6.10 Å². The lowest BCUT2D eigenvalue weighted by Gasteiger charge is -2.14. The number of rotatable bonds is 6. The lowest BCUT2D eigenvalue weighted by atomic mass is 10.1. The molecule has 0 unspecified atom stereocenters. The third-order valence-electron chi connectivity index (χ3n) is 3.14. The van der Waals surface area contributed by atoms with E-state index in [4.69, 9.17) is 10.00 Å². The van der Waals surface area contributed by atoms with Crippen LogP contribution in [-0.2, 0) is 10.0 Å². The molecule has 0 radical (unpaired) electrons. The summed E-state index contributed by atoms with van der Waals surface area (Å²) in [5, 5.41) is 8.75. The molecule has 0 saturated heterocycles. The zero-order valence-electron chi connectivity index (χ0n) is 13.2. The van der Waals surface area contributed by atoms with Gasteiger partial charge in [0.25, 0.3) is 0 Å². The Morgan fingerprint density at radius 3 is 2.21 bits per heavy atom. The molecule has 2 rings (SSSR count). The van der Waals surface area contributed by atoms with Gasteiger partial charge >= 0.3 is 0 Å². The number of benzene rings is 2. The van der Waals surface area contributed by atoms with E-state index in [2.05, 4.69) is 4.72 Å². The molecular weight excluding hydrogens is 328 g/mol. The number of hydrogen-bond acceptors (Lipinski definition) is 5. The van der Waals surface area contributed by atoms with Crippen LogP contribution in [0.3, 0.4) is 0 Å². The predicted octanol–water partition coefficient (Wildman–Crippen LogP) is 2.58.